The number of ether oxygens (including phenoxy) is 1. The first-order chi connectivity index (χ1) is 13.6. The van der Waals surface area contributed by atoms with Crippen LogP contribution in [0.4, 0.5) is 5.82 Å². The Morgan fingerprint density at radius 1 is 1.32 bits per heavy atom. The van der Waals surface area contributed by atoms with Gasteiger partial charge in [0.1, 0.15) is 17.0 Å². The SMILES string of the molecule is CCCCN(C)C(=O)c1sc2ncnc(NCCCN3CCOCC3)c2c1C. The van der Waals surface area contributed by atoms with Gasteiger partial charge < -0.3 is 15.0 Å². The topological polar surface area (TPSA) is 70.6 Å². The number of nitrogens with zero attached hydrogens (tertiary/aromatic N) is 4. The van der Waals surface area contributed by atoms with Crippen LogP contribution in [0.25, 0.3) is 10.2 Å². The van der Waals surface area contributed by atoms with Crippen molar-refractivity contribution in [3.8, 4) is 0 Å². The maximum absolute atomic E-state index is 12.8. The number of hydrogen-bond acceptors (Lipinski definition) is 7. The van der Waals surface area contributed by atoms with E-state index < -0.39 is 0 Å². The Bertz CT molecular complexity index is 788. The molecule has 0 aliphatic carbocycles. The van der Waals surface area contributed by atoms with Crippen molar-refractivity contribution in [3.63, 3.8) is 0 Å². The molecule has 28 heavy (non-hydrogen) atoms. The monoisotopic (exact) mass is 405 g/mol. The summed E-state index contributed by atoms with van der Waals surface area (Å²) >= 11 is 1.47. The van der Waals surface area contributed by atoms with Crippen molar-refractivity contribution in [3.05, 3.63) is 16.8 Å². The zero-order chi connectivity index (χ0) is 19.9. The number of amides is 1. The molecule has 0 spiro atoms. The number of anilines is 1. The maximum Gasteiger partial charge on any atom is 0.264 e. The molecule has 2 aromatic rings. The molecule has 1 aliphatic rings. The van der Waals surface area contributed by atoms with Crippen LogP contribution in [0.1, 0.15) is 41.4 Å². The predicted octanol–water partition coefficient (Wildman–Crippen LogP) is 3.01. The van der Waals surface area contributed by atoms with Gasteiger partial charge in [0.05, 0.1) is 23.5 Å². The number of nitrogens with one attached hydrogen (secondary N) is 1. The number of aromatic nitrogens is 2. The van der Waals surface area contributed by atoms with Gasteiger partial charge in [-0.25, -0.2) is 9.97 Å². The van der Waals surface area contributed by atoms with Gasteiger partial charge in [-0.15, -0.1) is 11.3 Å². The molecule has 1 N–H and O–H groups in total. The number of aryl methyl sites for hydroxylation is 1. The van der Waals surface area contributed by atoms with Gasteiger partial charge in [0.15, 0.2) is 0 Å². The lowest BCUT2D eigenvalue weighted by atomic mass is 10.2. The summed E-state index contributed by atoms with van der Waals surface area (Å²) in [4.78, 5) is 27.6. The third kappa shape index (κ3) is 4.98. The molecule has 8 heteroatoms. The second-order valence-corrected chi connectivity index (χ2v) is 8.27. The molecule has 1 aliphatic heterocycles. The summed E-state index contributed by atoms with van der Waals surface area (Å²) in [6.45, 7) is 10.5. The quantitative estimate of drug-likeness (QED) is 0.647. The number of carbonyl (C=O) groups excluding carboxylic acids is 1. The zero-order valence-electron chi connectivity index (χ0n) is 17.2. The number of morpholine rings is 1. The van der Waals surface area contributed by atoms with Crippen LogP contribution in [0, 0.1) is 6.92 Å². The highest BCUT2D eigenvalue weighted by Gasteiger charge is 2.21. The van der Waals surface area contributed by atoms with Crippen LogP contribution in [0.3, 0.4) is 0 Å². The second kappa shape index (κ2) is 10.1. The largest absolute Gasteiger partial charge is 0.379 e. The van der Waals surface area contributed by atoms with Crippen LogP contribution >= 0.6 is 11.3 Å². The first-order valence-electron chi connectivity index (χ1n) is 10.1. The molecule has 0 saturated carbocycles. The molecule has 0 aromatic carbocycles. The number of unbranched alkanes of at least 4 members (excludes halogenated alkanes) is 1. The summed E-state index contributed by atoms with van der Waals surface area (Å²) in [7, 11) is 1.87. The van der Waals surface area contributed by atoms with E-state index in [0.29, 0.717) is 0 Å². The van der Waals surface area contributed by atoms with Gasteiger partial charge in [-0.05, 0) is 31.9 Å². The molecule has 0 unspecified atom stereocenters. The molecule has 1 fully saturated rings. The Kier molecular flexibility index (Phi) is 7.58. The van der Waals surface area contributed by atoms with Crippen molar-refractivity contribution in [1.29, 1.82) is 0 Å². The fourth-order valence-corrected chi connectivity index (χ4v) is 4.56. The molecular formula is C20H31N5O2S. The van der Waals surface area contributed by atoms with Gasteiger partial charge in [-0.1, -0.05) is 13.3 Å². The smallest absolute Gasteiger partial charge is 0.264 e. The van der Waals surface area contributed by atoms with Crippen LogP contribution in [0.2, 0.25) is 0 Å². The van der Waals surface area contributed by atoms with Gasteiger partial charge in [-0.2, -0.15) is 0 Å². The molecule has 0 atom stereocenters. The van der Waals surface area contributed by atoms with Crippen molar-refractivity contribution in [1.82, 2.24) is 19.8 Å². The Balaban J connectivity index is 1.66. The molecule has 1 amide bonds. The van der Waals surface area contributed by atoms with Crippen molar-refractivity contribution in [2.24, 2.45) is 0 Å². The van der Waals surface area contributed by atoms with E-state index in [9.17, 15) is 4.79 Å². The van der Waals surface area contributed by atoms with E-state index in [1.54, 1.807) is 6.33 Å². The highest BCUT2D eigenvalue weighted by Crippen LogP contribution is 2.33. The number of rotatable bonds is 9. The van der Waals surface area contributed by atoms with Gasteiger partial charge >= 0.3 is 0 Å². The minimum atomic E-state index is 0.0761. The van der Waals surface area contributed by atoms with Crippen molar-refractivity contribution in [2.45, 2.75) is 33.1 Å². The van der Waals surface area contributed by atoms with Crippen molar-refractivity contribution >= 4 is 33.3 Å². The highest BCUT2D eigenvalue weighted by molar-refractivity contribution is 7.20. The first-order valence-corrected chi connectivity index (χ1v) is 11.0. The van der Waals surface area contributed by atoms with E-state index in [4.69, 9.17) is 4.74 Å². The first kappa shape index (κ1) is 21.0. The lowest BCUT2D eigenvalue weighted by Gasteiger charge is -2.26. The third-order valence-corrected chi connectivity index (χ3v) is 6.35. The number of carbonyl (C=O) groups is 1. The van der Waals surface area contributed by atoms with Crippen LogP contribution < -0.4 is 5.32 Å². The molecule has 1 saturated heterocycles. The van der Waals surface area contributed by atoms with E-state index in [2.05, 4.69) is 27.1 Å². The summed E-state index contributed by atoms with van der Waals surface area (Å²) in [5.41, 5.74) is 0.977. The third-order valence-electron chi connectivity index (χ3n) is 5.16. The summed E-state index contributed by atoms with van der Waals surface area (Å²) in [5.74, 6) is 0.906. The molecule has 0 radical (unpaired) electrons. The zero-order valence-corrected chi connectivity index (χ0v) is 18.0. The van der Waals surface area contributed by atoms with Crippen molar-refractivity contribution < 1.29 is 9.53 Å². The number of fused-ring (bicyclic) bond motifs is 1. The fourth-order valence-electron chi connectivity index (χ4n) is 3.41. The lowest BCUT2D eigenvalue weighted by Crippen LogP contribution is -2.37. The standard InChI is InChI=1S/C20H31N5O2S/c1-4-5-8-24(3)20(26)17-15(2)16-18(22-14-23-19(16)28-17)21-7-6-9-25-10-12-27-13-11-25/h14H,4-13H2,1-3H3,(H,21,22,23). The van der Waals surface area contributed by atoms with E-state index >= 15 is 0 Å². The van der Waals surface area contributed by atoms with Gasteiger partial charge in [0.2, 0.25) is 0 Å². The summed E-state index contributed by atoms with van der Waals surface area (Å²) < 4.78 is 5.39. The van der Waals surface area contributed by atoms with E-state index in [1.165, 1.54) is 11.3 Å². The Morgan fingerprint density at radius 3 is 2.86 bits per heavy atom. The second-order valence-electron chi connectivity index (χ2n) is 7.27. The van der Waals surface area contributed by atoms with Gasteiger partial charge in [-0.3, -0.25) is 9.69 Å². The molecular weight excluding hydrogens is 374 g/mol. The molecule has 154 valence electrons. The predicted molar refractivity (Wildman–Crippen MR) is 114 cm³/mol. The van der Waals surface area contributed by atoms with Crippen LogP contribution in [-0.2, 0) is 4.74 Å². The summed E-state index contributed by atoms with van der Waals surface area (Å²) in [6, 6.07) is 0. The normalized spacial score (nSPS) is 15.1. The summed E-state index contributed by atoms with van der Waals surface area (Å²) in [5, 5.41) is 4.43. The minimum Gasteiger partial charge on any atom is -0.379 e. The number of thiophene rings is 1. The lowest BCUT2D eigenvalue weighted by molar-refractivity contribution is 0.0378. The Hall–Kier alpha value is -1.77. The molecule has 2 aromatic heterocycles. The van der Waals surface area contributed by atoms with Gasteiger partial charge in [0.25, 0.3) is 5.91 Å². The average molecular weight is 406 g/mol. The molecule has 7 nitrogen and oxygen atoms in total. The molecule has 0 bridgehead atoms. The average Bonchev–Trinajstić information content (AvgIpc) is 3.07. The Morgan fingerprint density at radius 2 is 2.11 bits per heavy atom. The Labute approximate surface area is 171 Å². The van der Waals surface area contributed by atoms with Crippen LogP contribution in [0.15, 0.2) is 6.33 Å². The maximum atomic E-state index is 12.8. The van der Waals surface area contributed by atoms with Crippen LogP contribution in [-0.4, -0.2) is 78.7 Å². The fraction of sp³-hybridized carbons (Fsp3) is 0.650. The minimum absolute atomic E-state index is 0.0761. The van der Waals surface area contributed by atoms with E-state index in [1.807, 2.05) is 18.9 Å². The van der Waals surface area contributed by atoms with Crippen LogP contribution in [0.5, 0.6) is 0 Å². The van der Waals surface area contributed by atoms with E-state index in [0.717, 1.165) is 91.7 Å². The van der Waals surface area contributed by atoms with E-state index in [-0.39, 0.29) is 5.91 Å². The molecule has 3 heterocycles. The van der Waals surface area contributed by atoms with Gasteiger partial charge in [0, 0.05) is 33.2 Å². The van der Waals surface area contributed by atoms with Crippen molar-refractivity contribution in [2.75, 3.05) is 58.3 Å². The highest BCUT2D eigenvalue weighted by atomic mass is 32.1. The summed E-state index contributed by atoms with van der Waals surface area (Å²) in [6.07, 6.45) is 4.72. The molecule has 3 rings (SSSR count). The number of hydrogen-bond donors (Lipinski definition) is 1.